The minimum Gasteiger partial charge on any atom is -0.472 e. The van der Waals surface area contributed by atoms with E-state index in [1.54, 1.807) is 12.5 Å². The summed E-state index contributed by atoms with van der Waals surface area (Å²) in [5.41, 5.74) is 4.23. The van der Waals surface area contributed by atoms with Crippen LogP contribution in [0.25, 0.3) is 0 Å². The fraction of sp³-hybridized carbons (Fsp3) is 0.714. The lowest BCUT2D eigenvalue weighted by molar-refractivity contribution is 0.0364. The molecule has 1 aliphatic rings. The standard InChI is InChI=1S/C14H25N3O/c1-11-5-4-7-14(9-11,17(2)3)13(16-15)12-6-8-18-10-12/h6,8,10-11,13,16H,4-5,7,9,15H2,1-3H3. The largest absolute Gasteiger partial charge is 0.472 e. The van der Waals surface area contributed by atoms with Gasteiger partial charge >= 0.3 is 0 Å². The number of nitrogens with one attached hydrogen (secondary N) is 1. The quantitative estimate of drug-likeness (QED) is 0.637. The molecule has 0 radical (unpaired) electrons. The molecule has 0 amide bonds. The predicted molar refractivity (Wildman–Crippen MR) is 72.8 cm³/mol. The molecule has 2 rings (SSSR count). The molecule has 3 unspecified atom stereocenters. The van der Waals surface area contributed by atoms with Crippen LogP contribution in [0.15, 0.2) is 23.0 Å². The number of furan rings is 1. The Kier molecular flexibility index (Phi) is 4.10. The number of nitrogens with zero attached hydrogens (tertiary/aromatic N) is 1. The third kappa shape index (κ3) is 2.32. The number of rotatable bonds is 4. The van der Waals surface area contributed by atoms with Gasteiger partial charge < -0.3 is 9.32 Å². The second-order valence-corrected chi connectivity index (χ2v) is 5.86. The van der Waals surface area contributed by atoms with Crippen molar-refractivity contribution in [3.05, 3.63) is 24.2 Å². The third-order valence-corrected chi connectivity index (χ3v) is 4.48. The predicted octanol–water partition coefficient (Wildman–Crippen LogP) is 2.29. The molecular weight excluding hydrogens is 226 g/mol. The van der Waals surface area contributed by atoms with Gasteiger partial charge in [-0.05, 0) is 38.9 Å². The average molecular weight is 251 g/mol. The fourth-order valence-corrected chi connectivity index (χ4v) is 3.49. The molecule has 1 saturated carbocycles. The Hall–Kier alpha value is -0.840. The first-order valence-electron chi connectivity index (χ1n) is 6.76. The summed E-state index contributed by atoms with van der Waals surface area (Å²) in [5.74, 6) is 6.58. The van der Waals surface area contributed by atoms with Crippen molar-refractivity contribution in [1.82, 2.24) is 10.3 Å². The molecule has 1 heterocycles. The summed E-state index contributed by atoms with van der Waals surface area (Å²) in [5, 5.41) is 0. The molecule has 1 aliphatic carbocycles. The molecule has 4 nitrogen and oxygen atoms in total. The van der Waals surface area contributed by atoms with E-state index in [4.69, 9.17) is 10.3 Å². The Morgan fingerprint density at radius 3 is 2.83 bits per heavy atom. The van der Waals surface area contributed by atoms with Crippen molar-refractivity contribution in [2.45, 2.75) is 44.2 Å². The lowest BCUT2D eigenvalue weighted by atomic mass is 9.70. The van der Waals surface area contributed by atoms with Crippen molar-refractivity contribution in [1.29, 1.82) is 0 Å². The average Bonchev–Trinajstić information content (AvgIpc) is 2.83. The van der Waals surface area contributed by atoms with Gasteiger partial charge in [0, 0.05) is 11.1 Å². The van der Waals surface area contributed by atoms with Crippen LogP contribution in [0, 0.1) is 5.92 Å². The van der Waals surface area contributed by atoms with Crippen LogP contribution in [0.4, 0.5) is 0 Å². The minimum absolute atomic E-state index is 0.0797. The van der Waals surface area contributed by atoms with E-state index in [2.05, 4.69) is 31.3 Å². The van der Waals surface area contributed by atoms with E-state index in [9.17, 15) is 0 Å². The molecule has 1 fully saturated rings. The summed E-state index contributed by atoms with van der Waals surface area (Å²) in [4.78, 5) is 2.33. The van der Waals surface area contributed by atoms with Crippen LogP contribution < -0.4 is 11.3 Å². The van der Waals surface area contributed by atoms with Crippen molar-refractivity contribution in [2.75, 3.05) is 14.1 Å². The Labute approximate surface area is 109 Å². The summed E-state index contributed by atoms with van der Waals surface area (Å²) in [6, 6.07) is 2.13. The zero-order valence-electron chi connectivity index (χ0n) is 11.6. The lowest BCUT2D eigenvalue weighted by Gasteiger charge is -2.49. The number of hydrogen-bond donors (Lipinski definition) is 2. The van der Waals surface area contributed by atoms with Crippen LogP contribution >= 0.6 is 0 Å². The van der Waals surface area contributed by atoms with E-state index in [0.29, 0.717) is 0 Å². The summed E-state index contributed by atoms with van der Waals surface area (Å²) in [6.07, 6.45) is 8.43. The molecule has 4 heteroatoms. The molecule has 3 N–H and O–H groups in total. The van der Waals surface area contributed by atoms with E-state index in [1.165, 1.54) is 25.7 Å². The summed E-state index contributed by atoms with van der Waals surface area (Å²) in [7, 11) is 4.31. The van der Waals surface area contributed by atoms with Gasteiger partial charge in [0.1, 0.15) is 0 Å². The first kappa shape index (κ1) is 13.6. The van der Waals surface area contributed by atoms with Crippen LogP contribution in [0.1, 0.15) is 44.2 Å². The molecule has 0 aromatic carbocycles. The SMILES string of the molecule is CC1CCCC(C(NN)c2ccoc2)(N(C)C)C1. The molecule has 3 atom stereocenters. The Bertz CT molecular complexity index is 363. The molecule has 18 heavy (non-hydrogen) atoms. The van der Waals surface area contributed by atoms with Gasteiger partial charge in [-0.1, -0.05) is 19.8 Å². The Morgan fingerprint density at radius 2 is 2.33 bits per heavy atom. The van der Waals surface area contributed by atoms with Gasteiger partial charge in [0.2, 0.25) is 0 Å². The highest BCUT2D eigenvalue weighted by atomic mass is 16.3. The summed E-state index contributed by atoms with van der Waals surface area (Å²) < 4.78 is 5.23. The van der Waals surface area contributed by atoms with Crippen LogP contribution in [-0.2, 0) is 0 Å². The first-order chi connectivity index (χ1) is 8.60. The van der Waals surface area contributed by atoms with Gasteiger partial charge in [0.05, 0.1) is 18.6 Å². The zero-order valence-corrected chi connectivity index (χ0v) is 11.6. The number of nitrogens with two attached hydrogens (primary N) is 1. The topological polar surface area (TPSA) is 54.4 Å². The van der Waals surface area contributed by atoms with Gasteiger partial charge in [-0.15, -0.1) is 0 Å². The van der Waals surface area contributed by atoms with Crippen molar-refractivity contribution in [2.24, 2.45) is 11.8 Å². The van der Waals surface area contributed by atoms with E-state index in [0.717, 1.165) is 11.5 Å². The molecule has 0 bridgehead atoms. The molecule has 102 valence electrons. The van der Waals surface area contributed by atoms with Crippen molar-refractivity contribution in [3.8, 4) is 0 Å². The number of hydrogen-bond acceptors (Lipinski definition) is 4. The maximum absolute atomic E-state index is 5.84. The first-order valence-corrected chi connectivity index (χ1v) is 6.76. The van der Waals surface area contributed by atoms with Gasteiger partial charge in [0.15, 0.2) is 0 Å². The van der Waals surface area contributed by atoms with Crippen molar-refractivity contribution >= 4 is 0 Å². The van der Waals surface area contributed by atoms with Crippen LogP contribution in [0.5, 0.6) is 0 Å². The fourth-order valence-electron chi connectivity index (χ4n) is 3.49. The molecular formula is C14H25N3O. The van der Waals surface area contributed by atoms with Crippen LogP contribution in [0.2, 0.25) is 0 Å². The maximum atomic E-state index is 5.84. The van der Waals surface area contributed by atoms with Gasteiger partial charge in [0.25, 0.3) is 0 Å². The summed E-state index contributed by atoms with van der Waals surface area (Å²) >= 11 is 0. The van der Waals surface area contributed by atoms with Crippen LogP contribution in [0.3, 0.4) is 0 Å². The van der Waals surface area contributed by atoms with Gasteiger partial charge in [-0.25, -0.2) is 0 Å². The summed E-state index contributed by atoms with van der Waals surface area (Å²) in [6.45, 7) is 2.33. The van der Waals surface area contributed by atoms with E-state index in [1.807, 2.05) is 6.07 Å². The van der Waals surface area contributed by atoms with Gasteiger partial charge in [-0.3, -0.25) is 11.3 Å². The molecule has 1 aromatic heterocycles. The number of likely N-dealkylation sites (N-methyl/N-ethyl adjacent to an activating group) is 1. The molecule has 1 aromatic rings. The van der Waals surface area contributed by atoms with E-state index < -0.39 is 0 Å². The second-order valence-electron chi connectivity index (χ2n) is 5.86. The normalized spacial score (nSPS) is 30.6. The highest BCUT2D eigenvalue weighted by Crippen LogP contribution is 2.43. The highest BCUT2D eigenvalue weighted by Gasteiger charge is 2.44. The van der Waals surface area contributed by atoms with Crippen LogP contribution in [-0.4, -0.2) is 24.5 Å². The maximum Gasteiger partial charge on any atom is 0.0951 e. The molecule has 0 spiro atoms. The molecule has 0 saturated heterocycles. The lowest BCUT2D eigenvalue weighted by Crippen LogP contribution is -2.57. The van der Waals surface area contributed by atoms with E-state index in [-0.39, 0.29) is 11.6 Å². The van der Waals surface area contributed by atoms with Crippen molar-refractivity contribution < 1.29 is 4.42 Å². The third-order valence-electron chi connectivity index (χ3n) is 4.48. The van der Waals surface area contributed by atoms with Crippen molar-refractivity contribution in [3.63, 3.8) is 0 Å². The van der Waals surface area contributed by atoms with E-state index >= 15 is 0 Å². The van der Waals surface area contributed by atoms with Gasteiger partial charge in [-0.2, -0.15) is 0 Å². The minimum atomic E-state index is 0.0797. The Morgan fingerprint density at radius 1 is 1.56 bits per heavy atom. The second kappa shape index (κ2) is 5.43. The monoisotopic (exact) mass is 251 g/mol. The number of hydrazine groups is 1. The molecule has 0 aliphatic heterocycles. The highest BCUT2D eigenvalue weighted by molar-refractivity contribution is 5.19. The Balaban J connectivity index is 2.33. The smallest absolute Gasteiger partial charge is 0.0951 e. The zero-order chi connectivity index (χ0) is 13.2.